The average Bonchev–Trinajstić information content (AvgIpc) is 2.46. The van der Waals surface area contributed by atoms with Gasteiger partial charge in [0, 0.05) is 13.1 Å². The second-order valence-electron chi connectivity index (χ2n) is 5.56. The Kier molecular flexibility index (Phi) is 4.42. The number of nitrogens with two attached hydrogens (primary N) is 1. The minimum Gasteiger partial charge on any atom is -0.383 e. The molecule has 0 bridgehead atoms. The van der Waals surface area contributed by atoms with Crippen molar-refractivity contribution < 1.29 is 4.92 Å². The molecule has 2 N–H and O–H groups in total. The first-order chi connectivity index (χ1) is 9.51. The van der Waals surface area contributed by atoms with Gasteiger partial charge in [-0.2, -0.15) is 0 Å². The third-order valence-corrected chi connectivity index (χ3v) is 4.33. The summed E-state index contributed by atoms with van der Waals surface area (Å²) in [6, 6.07) is 3.19. The summed E-state index contributed by atoms with van der Waals surface area (Å²) in [6.45, 7) is 2.23. The summed E-state index contributed by atoms with van der Waals surface area (Å²) in [5, 5.41) is 10.9. The van der Waals surface area contributed by atoms with Gasteiger partial charge in [-0.15, -0.1) is 0 Å². The van der Waals surface area contributed by atoms with E-state index in [1.165, 1.54) is 31.4 Å². The van der Waals surface area contributed by atoms with E-state index in [2.05, 4.69) is 11.9 Å². The van der Waals surface area contributed by atoms with Gasteiger partial charge in [-0.1, -0.05) is 13.3 Å². The Morgan fingerprint density at radius 3 is 2.60 bits per heavy atom. The summed E-state index contributed by atoms with van der Waals surface area (Å²) in [4.78, 5) is 16.7. The standard InChI is InChI=1S/C14H22N4O2/c1-3-10-4-6-11(7-5-10)17(2)14-9-12(18(19)20)8-13(15)16-14/h8-11H,3-7H2,1-2H3,(H2,15,16). The van der Waals surface area contributed by atoms with Gasteiger partial charge in [-0.25, -0.2) is 4.98 Å². The van der Waals surface area contributed by atoms with Crippen molar-refractivity contribution in [3.05, 3.63) is 22.2 Å². The van der Waals surface area contributed by atoms with Crippen LogP contribution in [-0.4, -0.2) is 23.0 Å². The van der Waals surface area contributed by atoms with Crippen LogP contribution < -0.4 is 10.6 Å². The molecule has 1 heterocycles. The number of pyridine rings is 1. The molecule has 0 unspecified atom stereocenters. The van der Waals surface area contributed by atoms with Gasteiger partial charge in [-0.05, 0) is 31.6 Å². The van der Waals surface area contributed by atoms with Crippen LogP contribution in [0.3, 0.4) is 0 Å². The van der Waals surface area contributed by atoms with Gasteiger partial charge in [-0.3, -0.25) is 10.1 Å². The van der Waals surface area contributed by atoms with Gasteiger partial charge in [0.1, 0.15) is 11.6 Å². The molecule has 1 aromatic rings. The molecule has 20 heavy (non-hydrogen) atoms. The third-order valence-electron chi connectivity index (χ3n) is 4.33. The van der Waals surface area contributed by atoms with Crippen molar-refractivity contribution in [3.63, 3.8) is 0 Å². The Balaban J connectivity index is 2.13. The third kappa shape index (κ3) is 3.18. The minimum atomic E-state index is -0.427. The van der Waals surface area contributed by atoms with Crippen LogP contribution in [0.1, 0.15) is 39.0 Å². The van der Waals surface area contributed by atoms with Crippen LogP contribution in [0.4, 0.5) is 17.3 Å². The zero-order valence-electron chi connectivity index (χ0n) is 12.1. The second-order valence-corrected chi connectivity index (χ2v) is 5.56. The van der Waals surface area contributed by atoms with E-state index in [1.807, 2.05) is 11.9 Å². The highest BCUT2D eigenvalue weighted by Crippen LogP contribution is 2.31. The maximum atomic E-state index is 10.9. The van der Waals surface area contributed by atoms with Crippen LogP contribution in [0.2, 0.25) is 0 Å². The number of nitrogen functional groups attached to an aromatic ring is 1. The van der Waals surface area contributed by atoms with Crippen molar-refractivity contribution in [2.24, 2.45) is 5.92 Å². The summed E-state index contributed by atoms with van der Waals surface area (Å²) in [6.07, 6.45) is 5.89. The zero-order chi connectivity index (χ0) is 14.7. The van der Waals surface area contributed by atoms with Crippen molar-refractivity contribution in [2.75, 3.05) is 17.7 Å². The summed E-state index contributed by atoms with van der Waals surface area (Å²) in [7, 11) is 1.95. The SMILES string of the molecule is CCC1CCC(N(C)c2cc([N+](=O)[O-])cc(N)n2)CC1. The predicted molar refractivity (Wildman–Crippen MR) is 79.7 cm³/mol. The van der Waals surface area contributed by atoms with E-state index in [0.29, 0.717) is 11.9 Å². The molecule has 0 aliphatic heterocycles. The highest BCUT2D eigenvalue weighted by molar-refractivity contribution is 5.54. The Morgan fingerprint density at radius 1 is 1.40 bits per heavy atom. The molecule has 0 radical (unpaired) electrons. The number of aromatic nitrogens is 1. The molecule has 0 aromatic carbocycles. The minimum absolute atomic E-state index is 0.00148. The predicted octanol–water partition coefficient (Wildman–Crippen LogP) is 2.98. The molecule has 0 spiro atoms. The fourth-order valence-electron chi connectivity index (χ4n) is 2.94. The first-order valence-electron chi connectivity index (χ1n) is 7.16. The molecule has 1 saturated carbocycles. The van der Waals surface area contributed by atoms with Crippen molar-refractivity contribution in [1.82, 2.24) is 4.98 Å². The summed E-state index contributed by atoms with van der Waals surface area (Å²) < 4.78 is 0. The topological polar surface area (TPSA) is 85.3 Å². The van der Waals surface area contributed by atoms with E-state index < -0.39 is 4.92 Å². The van der Waals surface area contributed by atoms with Gasteiger partial charge in [0.25, 0.3) is 5.69 Å². The largest absolute Gasteiger partial charge is 0.383 e. The number of hydrogen-bond acceptors (Lipinski definition) is 5. The van der Waals surface area contributed by atoms with Crippen molar-refractivity contribution in [3.8, 4) is 0 Å². The Hall–Kier alpha value is -1.85. The van der Waals surface area contributed by atoms with Crippen molar-refractivity contribution in [1.29, 1.82) is 0 Å². The molecule has 0 amide bonds. The van der Waals surface area contributed by atoms with Gasteiger partial charge >= 0.3 is 0 Å². The van der Waals surface area contributed by atoms with Crippen LogP contribution in [0.5, 0.6) is 0 Å². The number of nitrogens with zero attached hydrogens (tertiary/aromatic N) is 3. The molecule has 0 atom stereocenters. The van der Waals surface area contributed by atoms with Crippen LogP contribution in [0, 0.1) is 16.0 Å². The van der Waals surface area contributed by atoms with E-state index in [9.17, 15) is 10.1 Å². The average molecular weight is 278 g/mol. The number of rotatable bonds is 4. The molecule has 110 valence electrons. The first-order valence-corrected chi connectivity index (χ1v) is 7.16. The molecule has 1 aliphatic rings. The monoisotopic (exact) mass is 278 g/mol. The highest BCUT2D eigenvalue weighted by Gasteiger charge is 2.25. The lowest BCUT2D eigenvalue weighted by Crippen LogP contribution is -2.35. The lowest BCUT2D eigenvalue weighted by atomic mass is 9.84. The molecular weight excluding hydrogens is 256 g/mol. The van der Waals surface area contributed by atoms with Crippen LogP contribution in [0.15, 0.2) is 12.1 Å². The van der Waals surface area contributed by atoms with E-state index in [4.69, 9.17) is 5.73 Å². The van der Waals surface area contributed by atoms with E-state index in [0.717, 1.165) is 18.8 Å². The molecule has 1 aromatic heterocycles. The summed E-state index contributed by atoms with van der Waals surface area (Å²) in [5.41, 5.74) is 5.67. The smallest absolute Gasteiger partial charge is 0.276 e. The second kappa shape index (κ2) is 6.07. The van der Waals surface area contributed by atoms with Gasteiger partial charge in [0.2, 0.25) is 0 Å². The quantitative estimate of drug-likeness (QED) is 0.676. The van der Waals surface area contributed by atoms with Gasteiger partial charge < -0.3 is 10.6 Å². The maximum Gasteiger partial charge on any atom is 0.276 e. The van der Waals surface area contributed by atoms with E-state index in [1.54, 1.807) is 0 Å². The highest BCUT2D eigenvalue weighted by atomic mass is 16.6. The normalized spacial score (nSPS) is 22.5. The number of hydrogen-bond donors (Lipinski definition) is 1. The molecule has 0 saturated heterocycles. The fraction of sp³-hybridized carbons (Fsp3) is 0.643. The molecule has 1 aliphatic carbocycles. The lowest BCUT2D eigenvalue weighted by Gasteiger charge is -2.35. The Morgan fingerprint density at radius 2 is 2.05 bits per heavy atom. The number of nitro groups is 1. The number of anilines is 2. The zero-order valence-corrected chi connectivity index (χ0v) is 12.1. The molecule has 6 heteroatoms. The molecule has 2 rings (SSSR count). The first kappa shape index (κ1) is 14.6. The molecule has 1 fully saturated rings. The fourth-order valence-corrected chi connectivity index (χ4v) is 2.94. The summed E-state index contributed by atoms with van der Waals surface area (Å²) in [5.74, 6) is 1.61. The van der Waals surface area contributed by atoms with Crippen LogP contribution >= 0.6 is 0 Å². The van der Waals surface area contributed by atoms with Crippen LogP contribution in [0.25, 0.3) is 0 Å². The van der Waals surface area contributed by atoms with Gasteiger partial charge in [0.05, 0.1) is 17.1 Å². The Labute approximate surface area is 119 Å². The van der Waals surface area contributed by atoms with E-state index >= 15 is 0 Å². The molecule has 6 nitrogen and oxygen atoms in total. The lowest BCUT2D eigenvalue weighted by molar-refractivity contribution is -0.384. The summed E-state index contributed by atoms with van der Waals surface area (Å²) >= 11 is 0. The van der Waals surface area contributed by atoms with Crippen molar-refractivity contribution in [2.45, 2.75) is 45.1 Å². The van der Waals surface area contributed by atoms with Crippen molar-refractivity contribution >= 4 is 17.3 Å². The van der Waals surface area contributed by atoms with Crippen LogP contribution in [-0.2, 0) is 0 Å². The molecular formula is C14H22N4O2. The van der Waals surface area contributed by atoms with Gasteiger partial charge in [0.15, 0.2) is 0 Å². The Bertz CT molecular complexity index is 484. The maximum absolute atomic E-state index is 10.9. The van der Waals surface area contributed by atoms with E-state index in [-0.39, 0.29) is 11.5 Å².